The van der Waals surface area contributed by atoms with Gasteiger partial charge in [0.15, 0.2) is 11.9 Å². The summed E-state index contributed by atoms with van der Waals surface area (Å²) in [6, 6.07) is 1.62. The van der Waals surface area contributed by atoms with Crippen molar-refractivity contribution in [2.45, 2.75) is 58.6 Å². The first-order valence-electron chi connectivity index (χ1n) is 10.3. The quantitative estimate of drug-likeness (QED) is 0.679. The number of rotatable bonds is 5. The maximum Gasteiger partial charge on any atom is 0.312 e. The van der Waals surface area contributed by atoms with E-state index in [1.54, 1.807) is 0 Å². The third kappa shape index (κ3) is 5.06. The second kappa shape index (κ2) is 9.52. The number of nitrogens with zero attached hydrogens (tertiary/aromatic N) is 2. The van der Waals surface area contributed by atoms with Crippen LogP contribution in [0, 0.1) is 17.8 Å². The molecule has 1 N–H and O–H groups in total. The van der Waals surface area contributed by atoms with Crippen molar-refractivity contribution in [3.63, 3.8) is 0 Å². The number of aromatic nitrogens is 1. The first kappa shape index (κ1) is 22.8. The van der Waals surface area contributed by atoms with Crippen LogP contribution in [-0.2, 0) is 19.1 Å². The maximum absolute atomic E-state index is 12.6. The van der Waals surface area contributed by atoms with Crippen molar-refractivity contribution < 1.29 is 19.1 Å². The number of amides is 2. The zero-order valence-electron chi connectivity index (χ0n) is 17.4. The Bertz CT molecular complexity index is 834. The second-order valence-electron chi connectivity index (χ2n) is 8.33. The van der Waals surface area contributed by atoms with Gasteiger partial charge in [-0.2, -0.15) is 0 Å². The summed E-state index contributed by atoms with van der Waals surface area (Å²) in [5.74, 6) is -0.585. The van der Waals surface area contributed by atoms with Crippen LogP contribution in [0.1, 0.15) is 46.5 Å². The fraction of sp³-hybridized carbons (Fsp3) is 0.619. The molecule has 2 heterocycles. The molecule has 1 aromatic heterocycles. The summed E-state index contributed by atoms with van der Waals surface area (Å²) in [5, 5.41) is 3.04. The van der Waals surface area contributed by atoms with Gasteiger partial charge in [-0.1, -0.05) is 49.9 Å². The molecule has 0 radical (unpaired) electrons. The summed E-state index contributed by atoms with van der Waals surface area (Å²) >= 11 is 11.8. The molecule has 0 aromatic carbocycles. The Kier molecular flexibility index (Phi) is 7.24. The molecule has 1 aromatic rings. The monoisotopic (exact) mass is 455 g/mol. The van der Waals surface area contributed by atoms with Crippen LogP contribution in [-0.4, -0.2) is 46.4 Å². The fourth-order valence-corrected chi connectivity index (χ4v) is 4.68. The normalized spacial score (nSPS) is 27.6. The summed E-state index contributed by atoms with van der Waals surface area (Å²) < 4.78 is 5.34. The van der Waals surface area contributed by atoms with E-state index in [0.717, 1.165) is 12.8 Å². The van der Waals surface area contributed by atoms with Gasteiger partial charge in [-0.05, 0) is 31.2 Å². The van der Waals surface area contributed by atoms with E-state index in [-0.39, 0.29) is 29.2 Å². The van der Waals surface area contributed by atoms with Gasteiger partial charge in [-0.25, -0.2) is 4.98 Å². The van der Waals surface area contributed by atoms with Gasteiger partial charge >= 0.3 is 5.97 Å². The average Bonchev–Trinajstić information content (AvgIpc) is 3.07. The number of carbonyl (C=O) groups excluding carboxylic acids is 3. The fourth-order valence-electron chi connectivity index (χ4n) is 4.25. The molecule has 30 heavy (non-hydrogen) atoms. The van der Waals surface area contributed by atoms with E-state index in [1.807, 2.05) is 4.90 Å². The second-order valence-corrected chi connectivity index (χ2v) is 9.18. The number of hydrogen-bond acceptors (Lipinski definition) is 5. The summed E-state index contributed by atoms with van der Waals surface area (Å²) in [4.78, 5) is 43.3. The Balaban J connectivity index is 1.56. The van der Waals surface area contributed by atoms with Crippen molar-refractivity contribution in [1.29, 1.82) is 0 Å². The molecule has 5 atom stereocenters. The van der Waals surface area contributed by atoms with Crippen molar-refractivity contribution >= 4 is 46.8 Å². The highest BCUT2D eigenvalue weighted by Gasteiger charge is 2.42. The highest BCUT2D eigenvalue weighted by Crippen LogP contribution is 2.36. The van der Waals surface area contributed by atoms with E-state index >= 15 is 0 Å². The Morgan fingerprint density at radius 3 is 2.73 bits per heavy atom. The van der Waals surface area contributed by atoms with Gasteiger partial charge in [-0.3, -0.25) is 14.4 Å². The van der Waals surface area contributed by atoms with E-state index < -0.39 is 23.9 Å². The van der Waals surface area contributed by atoms with Crippen LogP contribution >= 0.6 is 23.2 Å². The van der Waals surface area contributed by atoms with Gasteiger partial charge in [0.05, 0.1) is 16.0 Å². The third-order valence-corrected chi connectivity index (χ3v) is 6.76. The molecule has 7 nitrogen and oxygen atoms in total. The highest BCUT2D eigenvalue weighted by atomic mass is 35.5. The molecule has 0 unspecified atom stereocenters. The Morgan fingerprint density at radius 1 is 1.30 bits per heavy atom. The molecule has 0 bridgehead atoms. The van der Waals surface area contributed by atoms with Crippen LogP contribution in [0.2, 0.25) is 10.0 Å². The molecule has 2 aliphatic rings. The van der Waals surface area contributed by atoms with E-state index in [2.05, 4.69) is 24.1 Å². The highest BCUT2D eigenvalue weighted by molar-refractivity contribution is 6.36. The van der Waals surface area contributed by atoms with Crippen molar-refractivity contribution in [2.24, 2.45) is 17.8 Å². The molecule has 0 spiro atoms. The lowest BCUT2D eigenvalue weighted by molar-refractivity contribution is -0.157. The number of halogens is 2. The Hall–Kier alpha value is -1.86. The number of anilines is 1. The lowest BCUT2D eigenvalue weighted by Crippen LogP contribution is -2.45. The van der Waals surface area contributed by atoms with E-state index in [9.17, 15) is 14.4 Å². The number of ether oxygens (including phenoxy) is 1. The lowest BCUT2D eigenvalue weighted by Gasteiger charge is -2.39. The molecule has 1 aliphatic heterocycles. The van der Waals surface area contributed by atoms with Crippen molar-refractivity contribution in [3.05, 3.63) is 22.3 Å². The summed E-state index contributed by atoms with van der Waals surface area (Å²) in [5.41, 5.74) is 0. The molecule has 2 amide bonds. The van der Waals surface area contributed by atoms with Gasteiger partial charge in [0.1, 0.15) is 0 Å². The molecule has 164 valence electrons. The van der Waals surface area contributed by atoms with E-state index in [4.69, 9.17) is 27.9 Å². The molecule has 1 aliphatic carbocycles. The predicted octanol–water partition coefficient (Wildman–Crippen LogP) is 3.93. The van der Waals surface area contributed by atoms with E-state index in [0.29, 0.717) is 23.4 Å². The van der Waals surface area contributed by atoms with Gasteiger partial charge in [-0.15, -0.1) is 0 Å². The Morgan fingerprint density at radius 2 is 2.03 bits per heavy atom. The average molecular weight is 456 g/mol. The minimum absolute atomic E-state index is 0.0165. The topological polar surface area (TPSA) is 88.6 Å². The van der Waals surface area contributed by atoms with Crippen LogP contribution < -0.4 is 5.32 Å². The summed E-state index contributed by atoms with van der Waals surface area (Å²) in [6.07, 6.45) is 3.65. The minimum Gasteiger partial charge on any atom is -0.452 e. The first-order chi connectivity index (χ1) is 14.2. The summed E-state index contributed by atoms with van der Waals surface area (Å²) in [7, 11) is 0. The lowest BCUT2D eigenvalue weighted by atomic mass is 9.77. The smallest absolute Gasteiger partial charge is 0.312 e. The number of carbonyl (C=O) groups is 3. The zero-order valence-corrected chi connectivity index (χ0v) is 18.9. The van der Waals surface area contributed by atoms with Crippen molar-refractivity contribution in [1.82, 2.24) is 9.88 Å². The summed E-state index contributed by atoms with van der Waals surface area (Å²) in [6.45, 7) is 6.20. The van der Waals surface area contributed by atoms with Gasteiger partial charge < -0.3 is 15.0 Å². The number of pyridine rings is 1. The molecule has 2 fully saturated rings. The number of nitrogens with one attached hydrogen (secondary N) is 1. The molecule has 9 heteroatoms. The van der Waals surface area contributed by atoms with Crippen molar-refractivity contribution in [2.75, 3.05) is 11.9 Å². The predicted molar refractivity (Wildman–Crippen MR) is 114 cm³/mol. The van der Waals surface area contributed by atoms with Crippen LogP contribution in [0.3, 0.4) is 0 Å². The van der Waals surface area contributed by atoms with Crippen LogP contribution in [0.25, 0.3) is 0 Å². The number of likely N-dealkylation sites (tertiary alicyclic amines) is 1. The van der Waals surface area contributed by atoms with Gasteiger partial charge in [0.2, 0.25) is 5.91 Å². The molecule has 3 rings (SSSR count). The molecular formula is C21H27Cl2N3O4. The van der Waals surface area contributed by atoms with Crippen molar-refractivity contribution in [3.8, 4) is 0 Å². The first-order valence-corrected chi connectivity index (χ1v) is 11.0. The maximum atomic E-state index is 12.6. The zero-order chi connectivity index (χ0) is 22.0. The SMILES string of the molecule is C[C@H]1[C@H](C)CCC[C@H]1N1C[C@H](C(=O)O[C@@H](C)C(=O)Nc2ncc(Cl)cc2Cl)CC1=O. The van der Waals surface area contributed by atoms with Gasteiger partial charge in [0.25, 0.3) is 5.91 Å². The van der Waals surface area contributed by atoms with Gasteiger partial charge in [0, 0.05) is 25.2 Å². The van der Waals surface area contributed by atoms with Crippen LogP contribution in [0.4, 0.5) is 5.82 Å². The van der Waals surface area contributed by atoms with Crippen LogP contribution in [0.5, 0.6) is 0 Å². The standard InChI is InChI=1S/C21H27Cl2N3O4/c1-11-5-4-6-17(12(11)2)26-10-14(7-18(26)27)21(29)30-13(3)20(28)25-19-16(23)8-15(22)9-24-19/h8-9,11-14,17H,4-7,10H2,1-3H3,(H,24,25,28)/t11-,12+,13+,14-,17-/m1/s1. The van der Waals surface area contributed by atoms with E-state index in [1.165, 1.54) is 25.6 Å². The number of hydrogen-bond donors (Lipinski definition) is 1. The van der Waals surface area contributed by atoms with Crippen LogP contribution in [0.15, 0.2) is 12.3 Å². The number of esters is 1. The third-order valence-electron chi connectivity index (χ3n) is 6.27. The molecule has 1 saturated carbocycles. The Labute approximate surface area is 186 Å². The molecular weight excluding hydrogens is 429 g/mol. The largest absolute Gasteiger partial charge is 0.452 e. The molecule has 1 saturated heterocycles. The minimum atomic E-state index is -1.05.